The second-order valence-corrected chi connectivity index (χ2v) is 6.92. The number of nitriles is 1. The van der Waals surface area contributed by atoms with Gasteiger partial charge in [-0.25, -0.2) is 0 Å². The van der Waals surface area contributed by atoms with Gasteiger partial charge in [-0.1, -0.05) is 18.2 Å². The summed E-state index contributed by atoms with van der Waals surface area (Å²) in [7, 11) is 0. The molecule has 0 bridgehead atoms. The monoisotopic (exact) mass is 310 g/mol. The van der Waals surface area contributed by atoms with Crippen LogP contribution in [0.3, 0.4) is 0 Å². The molecular formula is C16H10N2OS2. The molecule has 0 amide bonds. The number of hydrogen-bond acceptors (Lipinski definition) is 5. The average molecular weight is 310 g/mol. The summed E-state index contributed by atoms with van der Waals surface area (Å²) in [5.74, 6) is 0.158. The highest BCUT2D eigenvalue weighted by atomic mass is 32.1. The predicted molar refractivity (Wildman–Crippen MR) is 85.4 cm³/mol. The van der Waals surface area contributed by atoms with Crippen molar-refractivity contribution in [3.8, 4) is 11.8 Å². The van der Waals surface area contributed by atoms with Crippen LogP contribution in [-0.4, -0.2) is 5.90 Å². The molecule has 4 rings (SSSR count). The fourth-order valence-electron chi connectivity index (χ4n) is 2.72. The van der Waals surface area contributed by atoms with Gasteiger partial charge in [0.1, 0.15) is 5.92 Å². The Bertz CT molecular complexity index is 873. The molecule has 5 heteroatoms. The van der Waals surface area contributed by atoms with Crippen molar-refractivity contribution >= 4 is 38.7 Å². The molecule has 102 valence electrons. The maximum atomic E-state index is 9.47. The second kappa shape index (κ2) is 4.69. The molecule has 0 radical (unpaired) electrons. The molecule has 0 fully saturated rings. The molecule has 1 N–H and O–H groups in total. The molecule has 0 saturated heterocycles. The van der Waals surface area contributed by atoms with Crippen LogP contribution in [0.5, 0.6) is 5.75 Å². The van der Waals surface area contributed by atoms with Gasteiger partial charge in [0.25, 0.3) is 0 Å². The highest BCUT2D eigenvalue weighted by molar-refractivity contribution is 7.19. The van der Waals surface area contributed by atoms with Gasteiger partial charge < -0.3 is 4.74 Å². The normalized spacial score (nSPS) is 20.8. The first-order valence-electron chi connectivity index (χ1n) is 6.50. The SMILES string of the molecule is N#CC1C(=N)Oc2c(sc3ccccc23)C1c1cccs1. The fraction of sp³-hybridized carbons (Fsp3) is 0.125. The van der Waals surface area contributed by atoms with Crippen LogP contribution in [0.4, 0.5) is 0 Å². The van der Waals surface area contributed by atoms with Crippen LogP contribution in [0.2, 0.25) is 0 Å². The van der Waals surface area contributed by atoms with Crippen molar-refractivity contribution in [3.63, 3.8) is 0 Å². The molecule has 2 aromatic heterocycles. The van der Waals surface area contributed by atoms with Gasteiger partial charge in [0, 0.05) is 15.0 Å². The van der Waals surface area contributed by atoms with Crippen LogP contribution in [-0.2, 0) is 0 Å². The van der Waals surface area contributed by atoms with Crippen molar-refractivity contribution < 1.29 is 4.74 Å². The minimum atomic E-state index is -0.552. The van der Waals surface area contributed by atoms with E-state index in [-0.39, 0.29) is 11.8 Å². The summed E-state index contributed by atoms with van der Waals surface area (Å²) >= 11 is 3.29. The maximum absolute atomic E-state index is 9.47. The lowest BCUT2D eigenvalue weighted by molar-refractivity contribution is 0.463. The molecule has 1 aromatic carbocycles. The summed E-state index contributed by atoms with van der Waals surface area (Å²) in [6, 6.07) is 14.3. The molecule has 2 atom stereocenters. The van der Waals surface area contributed by atoms with Gasteiger partial charge in [0.15, 0.2) is 5.75 Å². The van der Waals surface area contributed by atoms with Crippen LogP contribution >= 0.6 is 22.7 Å². The van der Waals surface area contributed by atoms with Gasteiger partial charge in [0.2, 0.25) is 5.90 Å². The lowest BCUT2D eigenvalue weighted by Gasteiger charge is -2.26. The number of nitrogens with zero attached hydrogens (tertiary/aromatic N) is 1. The zero-order chi connectivity index (χ0) is 14.4. The van der Waals surface area contributed by atoms with E-state index in [0.29, 0.717) is 0 Å². The Morgan fingerprint density at radius 2 is 2.05 bits per heavy atom. The molecule has 3 nitrogen and oxygen atoms in total. The summed E-state index contributed by atoms with van der Waals surface area (Å²) in [5, 5.41) is 20.6. The van der Waals surface area contributed by atoms with E-state index in [1.165, 1.54) is 0 Å². The summed E-state index contributed by atoms with van der Waals surface area (Å²) in [6.07, 6.45) is 0. The first-order chi connectivity index (χ1) is 10.3. The molecule has 1 aliphatic rings. The van der Waals surface area contributed by atoms with Crippen molar-refractivity contribution in [1.29, 1.82) is 10.7 Å². The number of nitrogens with one attached hydrogen (secondary N) is 1. The highest BCUT2D eigenvalue weighted by Crippen LogP contribution is 2.50. The topological polar surface area (TPSA) is 56.9 Å². The minimum Gasteiger partial charge on any atom is -0.440 e. The molecular weight excluding hydrogens is 300 g/mol. The van der Waals surface area contributed by atoms with Crippen molar-refractivity contribution in [3.05, 3.63) is 51.5 Å². The Labute approximate surface area is 129 Å². The zero-order valence-electron chi connectivity index (χ0n) is 10.9. The van der Waals surface area contributed by atoms with Crippen LogP contribution < -0.4 is 4.74 Å². The third-order valence-corrected chi connectivity index (χ3v) is 5.87. The van der Waals surface area contributed by atoms with Gasteiger partial charge in [-0.2, -0.15) is 5.26 Å². The first-order valence-corrected chi connectivity index (χ1v) is 8.20. The van der Waals surface area contributed by atoms with Gasteiger partial charge in [-0.3, -0.25) is 5.41 Å². The van der Waals surface area contributed by atoms with Crippen molar-refractivity contribution in [2.45, 2.75) is 5.92 Å². The van der Waals surface area contributed by atoms with E-state index < -0.39 is 5.92 Å². The standard InChI is InChI=1S/C16H10N2OS2/c17-8-10-13(12-6-3-7-20-12)15-14(19-16(10)18)9-4-1-2-5-11(9)21-15/h1-7,10,13,18H. The van der Waals surface area contributed by atoms with E-state index >= 15 is 0 Å². The lowest BCUT2D eigenvalue weighted by Crippen LogP contribution is -2.29. The quantitative estimate of drug-likeness (QED) is 0.714. The summed E-state index contributed by atoms with van der Waals surface area (Å²) in [6.45, 7) is 0. The highest BCUT2D eigenvalue weighted by Gasteiger charge is 2.39. The summed E-state index contributed by atoms with van der Waals surface area (Å²) in [4.78, 5) is 2.17. The number of fused-ring (bicyclic) bond motifs is 3. The smallest absolute Gasteiger partial charge is 0.205 e. The third-order valence-electron chi connectivity index (χ3n) is 3.67. The molecule has 0 spiro atoms. The largest absolute Gasteiger partial charge is 0.440 e. The molecule has 3 heterocycles. The fourth-order valence-corrected chi connectivity index (χ4v) is 4.96. The van der Waals surface area contributed by atoms with Crippen LogP contribution in [0.25, 0.3) is 10.1 Å². The number of hydrogen-bond donors (Lipinski definition) is 1. The first kappa shape index (κ1) is 12.6. The van der Waals surface area contributed by atoms with Crippen LogP contribution in [0.15, 0.2) is 41.8 Å². The Kier molecular flexibility index (Phi) is 2.81. The second-order valence-electron chi connectivity index (χ2n) is 4.86. The van der Waals surface area contributed by atoms with E-state index in [1.54, 1.807) is 22.7 Å². The maximum Gasteiger partial charge on any atom is 0.205 e. The van der Waals surface area contributed by atoms with Gasteiger partial charge >= 0.3 is 0 Å². The molecule has 0 aliphatic carbocycles. The number of thiophene rings is 2. The van der Waals surface area contributed by atoms with Crippen molar-refractivity contribution in [2.75, 3.05) is 0 Å². The molecule has 3 aromatic rings. The summed E-state index contributed by atoms with van der Waals surface area (Å²) < 4.78 is 6.83. The third kappa shape index (κ3) is 1.80. The van der Waals surface area contributed by atoms with E-state index in [9.17, 15) is 5.26 Å². The predicted octanol–water partition coefficient (Wildman–Crippen LogP) is 4.60. The van der Waals surface area contributed by atoms with Crippen molar-refractivity contribution in [2.24, 2.45) is 5.92 Å². The zero-order valence-corrected chi connectivity index (χ0v) is 12.5. The molecule has 21 heavy (non-hydrogen) atoms. The Morgan fingerprint density at radius 3 is 2.81 bits per heavy atom. The Morgan fingerprint density at radius 1 is 1.19 bits per heavy atom. The van der Waals surface area contributed by atoms with Gasteiger partial charge in [-0.15, -0.1) is 22.7 Å². The minimum absolute atomic E-state index is 0.0481. The van der Waals surface area contributed by atoms with Crippen molar-refractivity contribution in [1.82, 2.24) is 0 Å². The van der Waals surface area contributed by atoms with E-state index in [0.717, 1.165) is 25.6 Å². The molecule has 0 saturated carbocycles. The average Bonchev–Trinajstić information content (AvgIpc) is 3.13. The van der Waals surface area contributed by atoms with Crippen LogP contribution in [0.1, 0.15) is 15.7 Å². The van der Waals surface area contributed by atoms with E-state index in [2.05, 4.69) is 12.1 Å². The number of benzene rings is 1. The molecule has 2 unspecified atom stereocenters. The van der Waals surface area contributed by atoms with Gasteiger partial charge in [0.05, 0.1) is 16.9 Å². The van der Waals surface area contributed by atoms with E-state index in [1.807, 2.05) is 35.7 Å². The van der Waals surface area contributed by atoms with E-state index in [4.69, 9.17) is 10.1 Å². The number of rotatable bonds is 1. The van der Waals surface area contributed by atoms with Crippen LogP contribution in [0, 0.1) is 22.7 Å². The Balaban J connectivity index is 2.01. The van der Waals surface area contributed by atoms with Gasteiger partial charge in [-0.05, 0) is 23.6 Å². The summed E-state index contributed by atoms with van der Waals surface area (Å²) in [5.41, 5.74) is 0. The number of ether oxygens (including phenoxy) is 1. The lowest BCUT2D eigenvalue weighted by atomic mass is 9.87. The Hall–Kier alpha value is -2.16. The molecule has 1 aliphatic heterocycles.